The molecule has 0 radical (unpaired) electrons. The number of ether oxygens (including phenoxy) is 2. The molecule has 1 aliphatic heterocycles. The highest BCUT2D eigenvalue weighted by atomic mass is 16.5. The summed E-state index contributed by atoms with van der Waals surface area (Å²) in [6.45, 7) is 5.54. The van der Waals surface area contributed by atoms with E-state index in [4.69, 9.17) is 9.47 Å². The quantitative estimate of drug-likeness (QED) is 0.616. The van der Waals surface area contributed by atoms with Gasteiger partial charge in [0.25, 0.3) is 5.91 Å². The minimum atomic E-state index is -0.466. The molecule has 2 aromatic carbocycles. The number of para-hydroxylation sites is 2. The third-order valence-electron chi connectivity index (χ3n) is 4.38. The van der Waals surface area contributed by atoms with E-state index in [9.17, 15) is 10.1 Å². The maximum absolute atomic E-state index is 12.5. The van der Waals surface area contributed by atoms with E-state index < -0.39 is 5.91 Å². The molecular weight excluding hydrogens is 354 g/mol. The smallest absolute Gasteiger partial charge is 0.266 e. The van der Waals surface area contributed by atoms with Crippen molar-refractivity contribution < 1.29 is 14.3 Å². The first-order chi connectivity index (χ1) is 13.7. The van der Waals surface area contributed by atoms with Crippen LogP contribution >= 0.6 is 0 Å². The Morgan fingerprint density at radius 3 is 2.61 bits per heavy atom. The van der Waals surface area contributed by atoms with Gasteiger partial charge < -0.3 is 19.7 Å². The fourth-order valence-corrected chi connectivity index (χ4v) is 2.96. The van der Waals surface area contributed by atoms with Gasteiger partial charge in [0.1, 0.15) is 17.4 Å². The lowest BCUT2D eigenvalue weighted by Crippen LogP contribution is -2.36. The van der Waals surface area contributed by atoms with Crippen LogP contribution in [0.2, 0.25) is 0 Å². The molecule has 0 aliphatic carbocycles. The van der Waals surface area contributed by atoms with Crippen LogP contribution in [0, 0.1) is 11.3 Å². The summed E-state index contributed by atoms with van der Waals surface area (Å²) in [6.07, 6.45) is 1.59. The third-order valence-corrected chi connectivity index (χ3v) is 4.38. The number of nitriles is 1. The lowest BCUT2D eigenvalue weighted by Gasteiger charge is -2.28. The van der Waals surface area contributed by atoms with E-state index in [0.29, 0.717) is 18.0 Å². The van der Waals surface area contributed by atoms with Gasteiger partial charge in [0.15, 0.2) is 0 Å². The van der Waals surface area contributed by atoms with Crippen LogP contribution in [0.4, 0.5) is 11.4 Å². The molecule has 144 valence electrons. The van der Waals surface area contributed by atoms with Crippen LogP contribution in [-0.2, 0) is 9.53 Å². The number of hydrogen-bond donors (Lipinski definition) is 1. The Morgan fingerprint density at radius 2 is 1.93 bits per heavy atom. The van der Waals surface area contributed by atoms with Crippen molar-refractivity contribution >= 4 is 23.4 Å². The highest BCUT2D eigenvalue weighted by molar-refractivity contribution is 6.10. The molecule has 0 aromatic heterocycles. The number of anilines is 2. The number of benzene rings is 2. The summed E-state index contributed by atoms with van der Waals surface area (Å²) in [5.74, 6) is 0.109. The molecule has 1 fully saturated rings. The fraction of sp³-hybridized carbons (Fsp3) is 0.273. The Balaban J connectivity index is 1.72. The molecule has 2 aromatic rings. The first-order valence-electron chi connectivity index (χ1n) is 9.29. The first kappa shape index (κ1) is 19.5. The van der Waals surface area contributed by atoms with Crippen molar-refractivity contribution in [3.63, 3.8) is 0 Å². The number of carbonyl (C=O) groups is 1. The monoisotopic (exact) mass is 377 g/mol. The van der Waals surface area contributed by atoms with Crippen LogP contribution in [0.5, 0.6) is 5.75 Å². The molecule has 0 atom stereocenters. The summed E-state index contributed by atoms with van der Waals surface area (Å²) in [6, 6.07) is 16.9. The van der Waals surface area contributed by atoms with E-state index in [1.165, 1.54) is 0 Å². The molecule has 0 spiro atoms. The predicted octanol–water partition coefficient (Wildman–Crippen LogP) is 3.47. The number of amides is 1. The molecule has 0 unspecified atom stereocenters. The van der Waals surface area contributed by atoms with E-state index in [2.05, 4.69) is 10.2 Å². The normalized spacial score (nSPS) is 14.3. The zero-order valence-corrected chi connectivity index (χ0v) is 15.9. The van der Waals surface area contributed by atoms with Gasteiger partial charge in [-0.1, -0.05) is 24.3 Å². The molecule has 1 saturated heterocycles. The summed E-state index contributed by atoms with van der Waals surface area (Å²) in [7, 11) is 0. The molecule has 3 rings (SSSR count). The van der Waals surface area contributed by atoms with E-state index >= 15 is 0 Å². The summed E-state index contributed by atoms with van der Waals surface area (Å²) < 4.78 is 10.9. The summed E-state index contributed by atoms with van der Waals surface area (Å²) in [5.41, 5.74) is 2.47. The van der Waals surface area contributed by atoms with Gasteiger partial charge in [-0.15, -0.1) is 0 Å². The van der Waals surface area contributed by atoms with Crippen molar-refractivity contribution in [1.82, 2.24) is 0 Å². The first-order valence-corrected chi connectivity index (χ1v) is 9.29. The number of rotatable bonds is 6. The molecule has 1 heterocycles. The van der Waals surface area contributed by atoms with Gasteiger partial charge in [-0.25, -0.2) is 0 Å². The molecule has 0 saturated carbocycles. The lowest BCUT2D eigenvalue weighted by molar-refractivity contribution is -0.112. The van der Waals surface area contributed by atoms with Crippen molar-refractivity contribution in [3.05, 3.63) is 59.7 Å². The summed E-state index contributed by atoms with van der Waals surface area (Å²) in [5, 5.41) is 12.2. The van der Waals surface area contributed by atoms with Gasteiger partial charge in [0, 0.05) is 18.8 Å². The standard InChI is InChI=1S/C22H23N3O3/c1-2-28-21-6-4-3-5-20(21)24-22(26)18(16-23)15-17-7-9-19(10-8-17)25-11-13-27-14-12-25/h3-10,15H,2,11-14H2,1H3,(H,24,26)/b18-15+. The zero-order valence-electron chi connectivity index (χ0n) is 15.9. The van der Waals surface area contributed by atoms with Crippen LogP contribution < -0.4 is 15.0 Å². The van der Waals surface area contributed by atoms with E-state index in [0.717, 1.165) is 37.6 Å². The Bertz CT molecular complexity index is 879. The van der Waals surface area contributed by atoms with Crippen LogP contribution in [0.15, 0.2) is 54.1 Å². The lowest BCUT2D eigenvalue weighted by atomic mass is 10.1. The summed E-state index contributed by atoms with van der Waals surface area (Å²) >= 11 is 0. The van der Waals surface area contributed by atoms with Crippen LogP contribution in [0.25, 0.3) is 6.08 Å². The second kappa shape index (κ2) is 9.58. The third kappa shape index (κ3) is 4.90. The number of morpholine rings is 1. The van der Waals surface area contributed by atoms with Crippen molar-refractivity contribution in [2.75, 3.05) is 43.1 Å². The summed E-state index contributed by atoms with van der Waals surface area (Å²) in [4.78, 5) is 14.8. The Labute approximate surface area is 165 Å². The van der Waals surface area contributed by atoms with E-state index in [-0.39, 0.29) is 5.57 Å². The highest BCUT2D eigenvalue weighted by Gasteiger charge is 2.13. The van der Waals surface area contributed by atoms with Crippen LogP contribution in [-0.4, -0.2) is 38.8 Å². The molecule has 1 aliphatic rings. The largest absolute Gasteiger partial charge is 0.492 e. The highest BCUT2D eigenvalue weighted by Crippen LogP contribution is 2.24. The van der Waals surface area contributed by atoms with Gasteiger partial charge in [0.2, 0.25) is 0 Å². The van der Waals surface area contributed by atoms with Gasteiger partial charge in [-0.3, -0.25) is 4.79 Å². The van der Waals surface area contributed by atoms with Crippen molar-refractivity contribution in [1.29, 1.82) is 5.26 Å². The van der Waals surface area contributed by atoms with Crippen LogP contribution in [0.3, 0.4) is 0 Å². The average Bonchev–Trinajstić information content (AvgIpc) is 2.74. The molecule has 6 heteroatoms. The van der Waals surface area contributed by atoms with Gasteiger partial charge in [-0.05, 0) is 42.8 Å². The van der Waals surface area contributed by atoms with Crippen molar-refractivity contribution in [3.8, 4) is 11.8 Å². The fourth-order valence-electron chi connectivity index (χ4n) is 2.96. The zero-order chi connectivity index (χ0) is 19.8. The predicted molar refractivity (Wildman–Crippen MR) is 109 cm³/mol. The number of hydrogen-bond acceptors (Lipinski definition) is 5. The number of nitrogens with zero attached hydrogens (tertiary/aromatic N) is 2. The van der Waals surface area contributed by atoms with Gasteiger partial charge in [0.05, 0.1) is 25.5 Å². The Kier molecular flexibility index (Phi) is 6.66. The maximum Gasteiger partial charge on any atom is 0.266 e. The number of carbonyl (C=O) groups excluding carboxylic acids is 1. The van der Waals surface area contributed by atoms with E-state index in [1.54, 1.807) is 24.3 Å². The SMILES string of the molecule is CCOc1ccccc1NC(=O)/C(C#N)=C/c1ccc(N2CCOCC2)cc1. The average molecular weight is 377 g/mol. The second-order valence-electron chi connectivity index (χ2n) is 6.24. The number of nitrogens with one attached hydrogen (secondary N) is 1. The minimum Gasteiger partial charge on any atom is -0.492 e. The van der Waals surface area contributed by atoms with Gasteiger partial charge in [-0.2, -0.15) is 5.26 Å². The molecule has 1 amide bonds. The van der Waals surface area contributed by atoms with Crippen molar-refractivity contribution in [2.24, 2.45) is 0 Å². The van der Waals surface area contributed by atoms with Gasteiger partial charge >= 0.3 is 0 Å². The van der Waals surface area contributed by atoms with Crippen LogP contribution in [0.1, 0.15) is 12.5 Å². The topological polar surface area (TPSA) is 74.6 Å². The second-order valence-corrected chi connectivity index (χ2v) is 6.24. The molecular formula is C22H23N3O3. The molecule has 0 bridgehead atoms. The van der Waals surface area contributed by atoms with E-state index in [1.807, 2.05) is 43.3 Å². The Hall–Kier alpha value is -3.30. The molecule has 6 nitrogen and oxygen atoms in total. The maximum atomic E-state index is 12.5. The van der Waals surface area contributed by atoms with Crippen molar-refractivity contribution in [2.45, 2.75) is 6.92 Å². The molecule has 1 N–H and O–H groups in total. The Morgan fingerprint density at radius 1 is 1.21 bits per heavy atom. The molecule has 28 heavy (non-hydrogen) atoms. The minimum absolute atomic E-state index is 0.0328.